The Morgan fingerprint density at radius 3 is 1.76 bits per heavy atom. The van der Waals surface area contributed by atoms with E-state index < -0.39 is 16.5 Å². The Morgan fingerprint density at radius 1 is 0.882 bits per heavy atom. The van der Waals surface area contributed by atoms with Crippen LogP contribution in [0.15, 0.2) is 24.3 Å². The Morgan fingerprint density at radius 2 is 1.35 bits per heavy atom. The van der Waals surface area contributed by atoms with Gasteiger partial charge in [-0.25, -0.2) is 0 Å². The molecule has 0 amide bonds. The maximum atomic E-state index is 2.77. The van der Waals surface area contributed by atoms with E-state index in [1.165, 1.54) is 11.3 Å². The van der Waals surface area contributed by atoms with Gasteiger partial charge in [-0.3, -0.25) is 0 Å². The zero-order valence-corrected chi connectivity index (χ0v) is 14.3. The van der Waals surface area contributed by atoms with Crippen molar-refractivity contribution < 1.29 is 0 Å². The highest BCUT2D eigenvalue weighted by atomic mass is 28.4. The molecule has 17 heavy (non-hydrogen) atoms. The molecular weight excluding hydrogens is 238 g/mol. The van der Waals surface area contributed by atoms with Crippen LogP contribution in [0, 0.1) is 6.42 Å². The van der Waals surface area contributed by atoms with Crippen LogP contribution >= 0.6 is 0 Å². The largest absolute Gasteiger partial charge is 0.424 e. The van der Waals surface area contributed by atoms with Crippen LogP contribution in [-0.2, 0) is 0 Å². The predicted molar refractivity (Wildman–Crippen MR) is 84.7 cm³/mol. The molecule has 0 aliphatic rings. The second-order valence-corrected chi connectivity index (χ2v) is 16.5. The zero-order chi connectivity index (χ0) is 13.3. The summed E-state index contributed by atoms with van der Waals surface area (Å²) in [5.41, 5.74) is 2.81. The van der Waals surface area contributed by atoms with Gasteiger partial charge in [-0.1, -0.05) is 64.4 Å². The van der Waals surface area contributed by atoms with Crippen LogP contribution in [0.3, 0.4) is 0 Å². The van der Waals surface area contributed by atoms with E-state index in [1.807, 2.05) is 0 Å². The Labute approximate surface area is 109 Å². The smallest absolute Gasteiger partial charge is 0.138 e. The van der Waals surface area contributed by atoms with Crippen molar-refractivity contribution in [1.82, 2.24) is 0 Å². The van der Waals surface area contributed by atoms with Gasteiger partial charge in [0.05, 0.1) is 0 Å². The topological polar surface area (TPSA) is 3.24 Å². The molecule has 0 aliphatic heterocycles. The molecule has 1 nitrogen and oxygen atoms in total. The van der Waals surface area contributed by atoms with Crippen molar-refractivity contribution in [3.05, 3.63) is 36.2 Å². The number of benzene rings is 1. The van der Waals surface area contributed by atoms with Crippen LogP contribution in [0.1, 0.15) is 12.5 Å². The molecule has 0 aliphatic carbocycles. The number of para-hydroxylation sites is 1. The lowest BCUT2D eigenvalue weighted by Crippen LogP contribution is -2.59. The van der Waals surface area contributed by atoms with E-state index in [9.17, 15) is 0 Å². The third-order valence-corrected chi connectivity index (χ3v) is 10.0. The molecule has 0 aromatic heterocycles. The maximum Gasteiger partial charge on any atom is 0.138 e. The zero-order valence-electron chi connectivity index (χ0n) is 12.3. The number of nitrogens with zero attached hydrogens (tertiary/aromatic N) is 1. The van der Waals surface area contributed by atoms with Crippen molar-refractivity contribution in [2.45, 2.75) is 46.2 Å². The molecule has 0 saturated carbocycles. The molecule has 0 saturated heterocycles. The van der Waals surface area contributed by atoms with Gasteiger partial charge in [0.15, 0.2) is 0 Å². The van der Waals surface area contributed by atoms with Gasteiger partial charge in [0.25, 0.3) is 0 Å². The number of rotatable bonds is 4. The summed E-state index contributed by atoms with van der Waals surface area (Å²) in [7, 11) is -2.67. The van der Waals surface area contributed by atoms with Gasteiger partial charge in [0, 0.05) is 5.69 Å². The van der Waals surface area contributed by atoms with E-state index in [-0.39, 0.29) is 0 Å². The van der Waals surface area contributed by atoms with Crippen molar-refractivity contribution in [2.24, 2.45) is 0 Å². The number of hydrogen-bond acceptors (Lipinski definition) is 1. The standard InChI is InChI=1S/C14H26NSi2/c1-8-13-11-9-10-12-14(13)15(16(2,3)4)17(5,6)7/h8-12H,1-7H3. The lowest BCUT2D eigenvalue weighted by Gasteiger charge is -2.46. The summed E-state index contributed by atoms with van der Waals surface area (Å²) in [6, 6.07) is 8.80. The monoisotopic (exact) mass is 264 g/mol. The average molecular weight is 265 g/mol. The van der Waals surface area contributed by atoms with E-state index in [4.69, 9.17) is 0 Å². The summed E-state index contributed by atoms with van der Waals surface area (Å²) in [5, 5.41) is 0. The Balaban J connectivity index is 3.33. The minimum absolute atomic E-state index is 1.34. The fourth-order valence-electron chi connectivity index (χ4n) is 2.66. The van der Waals surface area contributed by atoms with Crippen molar-refractivity contribution in [3.8, 4) is 0 Å². The minimum Gasteiger partial charge on any atom is -0.424 e. The third-order valence-electron chi connectivity index (χ3n) is 2.83. The van der Waals surface area contributed by atoms with Gasteiger partial charge in [0.1, 0.15) is 16.5 Å². The van der Waals surface area contributed by atoms with Gasteiger partial charge in [-0.15, -0.1) is 0 Å². The molecule has 1 radical (unpaired) electrons. The lowest BCUT2D eigenvalue weighted by molar-refractivity contribution is 1.30. The summed E-state index contributed by atoms with van der Waals surface area (Å²) >= 11 is 0. The summed E-state index contributed by atoms with van der Waals surface area (Å²) in [5.74, 6) is 0. The van der Waals surface area contributed by atoms with Gasteiger partial charge in [-0.2, -0.15) is 0 Å². The Kier molecular flexibility index (Phi) is 4.25. The molecule has 1 aromatic carbocycles. The summed E-state index contributed by atoms with van der Waals surface area (Å²) < 4.78 is 2.77. The van der Waals surface area contributed by atoms with E-state index in [1.54, 1.807) is 0 Å². The highest BCUT2D eigenvalue weighted by molar-refractivity contribution is 6.99. The second-order valence-electron chi connectivity index (χ2n) is 6.52. The molecule has 1 aromatic rings. The summed E-state index contributed by atoms with van der Waals surface area (Å²) in [6.45, 7) is 16.8. The first-order valence-electron chi connectivity index (χ1n) is 6.36. The van der Waals surface area contributed by atoms with Crippen molar-refractivity contribution in [2.75, 3.05) is 4.23 Å². The molecule has 0 atom stereocenters. The lowest BCUT2D eigenvalue weighted by atomic mass is 10.1. The first-order chi connectivity index (χ1) is 7.68. The molecule has 0 bridgehead atoms. The number of anilines is 1. The maximum absolute atomic E-state index is 2.77. The quantitative estimate of drug-likeness (QED) is 0.710. The van der Waals surface area contributed by atoms with Crippen molar-refractivity contribution in [1.29, 1.82) is 0 Å². The molecule has 95 valence electrons. The highest BCUT2D eigenvalue weighted by Gasteiger charge is 2.35. The highest BCUT2D eigenvalue weighted by Crippen LogP contribution is 2.31. The summed E-state index contributed by atoms with van der Waals surface area (Å²) in [4.78, 5) is 0. The molecule has 3 heteroatoms. The average Bonchev–Trinajstić information content (AvgIpc) is 2.14. The third kappa shape index (κ3) is 3.45. The normalized spacial score (nSPS) is 12.6. The van der Waals surface area contributed by atoms with E-state index in [0.717, 1.165) is 0 Å². The SMILES string of the molecule is C[CH]c1ccccc1N([Si](C)(C)C)[Si](C)(C)C. The second kappa shape index (κ2) is 4.98. The molecular formula is C14H26NSi2. The fourth-order valence-corrected chi connectivity index (χ4v) is 12.6. The molecule has 0 fully saturated rings. The Hall–Kier alpha value is -0.546. The minimum atomic E-state index is -1.34. The molecule has 0 heterocycles. The van der Waals surface area contributed by atoms with E-state index in [0.29, 0.717) is 0 Å². The molecule has 0 N–H and O–H groups in total. The summed E-state index contributed by atoms with van der Waals surface area (Å²) in [6.07, 6.45) is 2.22. The van der Waals surface area contributed by atoms with E-state index in [2.05, 4.69) is 81.1 Å². The predicted octanol–water partition coefficient (Wildman–Crippen LogP) is 4.74. The van der Waals surface area contributed by atoms with Crippen LogP contribution < -0.4 is 4.23 Å². The van der Waals surface area contributed by atoms with E-state index >= 15 is 0 Å². The number of hydrogen-bond donors (Lipinski definition) is 0. The Bertz CT molecular complexity index is 361. The fraction of sp³-hybridized carbons (Fsp3) is 0.500. The van der Waals surface area contributed by atoms with Crippen LogP contribution in [-0.4, -0.2) is 16.5 Å². The molecule has 1 rings (SSSR count). The first kappa shape index (κ1) is 14.5. The van der Waals surface area contributed by atoms with Crippen molar-refractivity contribution in [3.63, 3.8) is 0 Å². The first-order valence-corrected chi connectivity index (χ1v) is 13.3. The molecule has 0 unspecified atom stereocenters. The van der Waals surface area contributed by atoms with Gasteiger partial charge in [-0.05, 0) is 18.1 Å². The van der Waals surface area contributed by atoms with Gasteiger partial charge < -0.3 is 4.23 Å². The van der Waals surface area contributed by atoms with Crippen LogP contribution in [0.25, 0.3) is 0 Å². The van der Waals surface area contributed by atoms with Crippen LogP contribution in [0.4, 0.5) is 5.69 Å². The van der Waals surface area contributed by atoms with Crippen molar-refractivity contribution >= 4 is 22.2 Å². The van der Waals surface area contributed by atoms with Crippen LogP contribution in [0.2, 0.25) is 39.3 Å². The molecule has 0 spiro atoms. The van der Waals surface area contributed by atoms with Crippen LogP contribution in [0.5, 0.6) is 0 Å². The van der Waals surface area contributed by atoms with Gasteiger partial charge in [0.2, 0.25) is 0 Å². The van der Waals surface area contributed by atoms with Gasteiger partial charge >= 0.3 is 0 Å².